The fourth-order valence-corrected chi connectivity index (χ4v) is 3.07. The quantitative estimate of drug-likeness (QED) is 0.165. The lowest BCUT2D eigenvalue weighted by Gasteiger charge is -2.40. The number of carbonyl (C=O) groups excluding carboxylic acids is 1. The van der Waals surface area contributed by atoms with Crippen LogP contribution in [-0.2, 0) is 23.4 Å². The third-order valence-corrected chi connectivity index (χ3v) is 9.17. The Balaban J connectivity index is 4.74. The van der Waals surface area contributed by atoms with Crippen LogP contribution >= 0.6 is 0 Å². The fraction of sp³-hybridized carbons (Fsp3) is 0.842. The molecule has 0 radical (unpaired) electrons. The first-order valence-electron chi connectivity index (χ1n) is 9.01. The maximum absolute atomic E-state index is 11.4. The van der Waals surface area contributed by atoms with Crippen molar-refractivity contribution in [1.29, 1.82) is 0 Å². The molecule has 0 bridgehead atoms. The summed E-state index contributed by atoms with van der Waals surface area (Å²) in [5, 5.41) is 0.172. The highest BCUT2D eigenvalue weighted by Gasteiger charge is 2.39. The van der Waals surface area contributed by atoms with Crippen LogP contribution in [0.3, 0.4) is 0 Å². The van der Waals surface area contributed by atoms with E-state index in [4.69, 9.17) is 18.6 Å². The SMILES string of the molecule is CCOC(=O)/C=C/CC[C@](C)(COCOC)CO[Si](C)(C)C(C)(C)C. The predicted molar refractivity (Wildman–Crippen MR) is 104 cm³/mol. The van der Waals surface area contributed by atoms with Gasteiger partial charge in [-0.2, -0.15) is 0 Å². The zero-order valence-electron chi connectivity index (χ0n) is 17.4. The van der Waals surface area contributed by atoms with Gasteiger partial charge in [0.2, 0.25) is 0 Å². The minimum Gasteiger partial charge on any atom is -0.463 e. The van der Waals surface area contributed by atoms with Crippen molar-refractivity contribution < 1.29 is 23.4 Å². The van der Waals surface area contributed by atoms with Gasteiger partial charge in [0.05, 0.1) is 13.2 Å². The molecule has 25 heavy (non-hydrogen) atoms. The molecule has 0 aromatic rings. The maximum atomic E-state index is 11.4. The van der Waals surface area contributed by atoms with Gasteiger partial charge in [-0.15, -0.1) is 0 Å². The minimum absolute atomic E-state index is 0.132. The van der Waals surface area contributed by atoms with Gasteiger partial charge in [0, 0.05) is 25.2 Å². The lowest BCUT2D eigenvalue weighted by atomic mass is 9.87. The predicted octanol–water partition coefficient (Wildman–Crippen LogP) is 4.53. The molecule has 5 nitrogen and oxygen atoms in total. The van der Waals surface area contributed by atoms with Crippen molar-refractivity contribution in [3.05, 3.63) is 12.2 Å². The Bertz CT molecular complexity index is 415. The molecule has 0 spiro atoms. The number of ether oxygens (including phenoxy) is 3. The molecule has 148 valence electrons. The smallest absolute Gasteiger partial charge is 0.330 e. The van der Waals surface area contributed by atoms with Gasteiger partial charge in [-0.25, -0.2) is 4.79 Å². The van der Waals surface area contributed by atoms with Crippen LogP contribution in [0.2, 0.25) is 18.1 Å². The van der Waals surface area contributed by atoms with Crippen molar-refractivity contribution in [2.75, 3.05) is 33.7 Å². The topological polar surface area (TPSA) is 54.0 Å². The van der Waals surface area contributed by atoms with E-state index in [1.165, 1.54) is 6.08 Å². The molecule has 0 aromatic heterocycles. The van der Waals surface area contributed by atoms with E-state index in [1.807, 2.05) is 6.08 Å². The molecule has 0 saturated carbocycles. The highest BCUT2D eigenvalue weighted by molar-refractivity contribution is 6.74. The first-order valence-corrected chi connectivity index (χ1v) is 11.9. The van der Waals surface area contributed by atoms with E-state index >= 15 is 0 Å². The van der Waals surface area contributed by atoms with Crippen LogP contribution in [0, 0.1) is 5.41 Å². The first kappa shape index (κ1) is 24.3. The number of esters is 1. The molecule has 0 saturated heterocycles. The molecule has 0 unspecified atom stereocenters. The Morgan fingerprint density at radius 2 is 1.76 bits per heavy atom. The Hall–Kier alpha value is -0.693. The summed E-state index contributed by atoms with van der Waals surface area (Å²) in [7, 11) is -0.201. The molecule has 0 rings (SSSR count). The van der Waals surface area contributed by atoms with E-state index in [0.717, 1.165) is 12.8 Å². The summed E-state index contributed by atoms with van der Waals surface area (Å²) in [5.74, 6) is -0.294. The zero-order chi connectivity index (χ0) is 19.6. The van der Waals surface area contributed by atoms with Crippen molar-refractivity contribution in [2.24, 2.45) is 5.41 Å². The average molecular weight is 375 g/mol. The Kier molecular flexibility index (Phi) is 10.8. The van der Waals surface area contributed by atoms with Crippen LogP contribution in [0.25, 0.3) is 0 Å². The Morgan fingerprint density at radius 1 is 1.12 bits per heavy atom. The van der Waals surface area contributed by atoms with Crippen molar-refractivity contribution in [1.82, 2.24) is 0 Å². The average Bonchev–Trinajstić information content (AvgIpc) is 2.49. The molecule has 0 aliphatic heterocycles. The number of hydrogen-bond donors (Lipinski definition) is 0. The Labute approximate surface area is 155 Å². The second-order valence-corrected chi connectivity index (χ2v) is 13.1. The zero-order valence-corrected chi connectivity index (χ0v) is 18.4. The summed E-state index contributed by atoms with van der Waals surface area (Å²) in [5.41, 5.74) is -0.132. The lowest BCUT2D eigenvalue weighted by Crippen LogP contribution is -2.44. The molecule has 0 aliphatic carbocycles. The van der Waals surface area contributed by atoms with E-state index in [1.54, 1.807) is 14.0 Å². The Morgan fingerprint density at radius 3 is 2.28 bits per heavy atom. The second kappa shape index (κ2) is 11.1. The molecule has 0 N–H and O–H groups in total. The summed E-state index contributed by atoms with van der Waals surface area (Å²) in [6.45, 7) is 17.0. The highest BCUT2D eigenvalue weighted by Crippen LogP contribution is 2.38. The monoisotopic (exact) mass is 374 g/mol. The fourth-order valence-electron chi connectivity index (χ4n) is 1.93. The molecule has 0 amide bonds. The van der Waals surface area contributed by atoms with Gasteiger partial charge in [-0.1, -0.05) is 33.8 Å². The molecular formula is C19H38O5Si. The van der Waals surface area contributed by atoms with Gasteiger partial charge in [0.25, 0.3) is 0 Å². The number of rotatable bonds is 12. The summed E-state index contributed by atoms with van der Waals surface area (Å²) in [6, 6.07) is 0. The number of carbonyl (C=O) groups is 1. The van der Waals surface area contributed by atoms with E-state index in [-0.39, 0.29) is 23.2 Å². The van der Waals surface area contributed by atoms with E-state index in [2.05, 4.69) is 40.8 Å². The van der Waals surface area contributed by atoms with Crippen molar-refractivity contribution in [3.8, 4) is 0 Å². The van der Waals surface area contributed by atoms with Gasteiger partial charge in [-0.3, -0.25) is 0 Å². The van der Waals surface area contributed by atoms with Crippen LogP contribution in [0.4, 0.5) is 0 Å². The summed E-state index contributed by atoms with van der Waals surface area (Å²) < 4.78 is 21.9. The van der Waals surface area contributed by atoms with Crippen molar-refractivity contribution in [3.63, 3.8) is 0 Å². The van der Waals surface area contributed by atoms with Gasteiger partial charge in [0.1, 0.15) is 6.79 Å². The van der Waals surface area contributed by atoms with Gasteiger partial charge in [0.15, 0.2) is 8.32 Å². The summed E-state index contributed by atoms with van der Waals surface area (Å²) in [4.78, 5) is 11.4. The standard InChI is InChI=1S/C19H38O5Si/c1-9-23-17(20)12-10-11-13-19(5,14-22-16-21-6)15-24-25(7,8)18(2,3)4/h10,12H,9,11,13-16H2,1-8H3/b12-10+/t19-/m1/s1. The van der Waals surface area contributed by atoms with Gasteiger partial charge in [-0.05, 0) is 37.9 Å². The largest absolute Gasteiger partial charge is 0.463 e. The van der Waals surface area contributed by atoms with Crippen LogP contribution < -0.4 is 0 Å². The normalized spacial score (nSPS) is 15.4. The van der Waals surface area contributed by atoms with Crippen molar-refractivity contribution >= 4 is 14.3 Å². The third kappa shape index (κ3) is 10.1. The van der Waals surface area contributed by atoms with Gasteiger partial charge < -0.3 is 18.6 Å². The van der Waals surface area contributed by atoms with Gasteiger partial charge >= 0.3 is 5.97 Å². The lowest BCUT2D eigenvalue weighted by molar-refractivity contribution is -0.137. The van der Waals surface area contributed by atoms with Crippen LogP contribution in [0.15, 0.2) is 12.2 Å². The second-order valence-electron chi connectivity index (χ2n) is 8.31. The van der Waals surface area contributed by atoms with Crippen LogP contribution in [-0.4, -0.2) is 48.0 Å². The third-order valence-electron chi connectivity index (χ3n) is 4.69. The molecule has 0 aromatic carbocycles. The summed E-state index contributed by atoms with van der Waals surface area (Å²) in [6.07, 6.45) is 4.99. The van der Waals surface area contributed by atoms with Crippen LogP contribution in [0.5, 0.6) is 0 Å². The minimum atomic E-state index is -1.82. The van der Waals surface area contributed by atoms with E-state index in [0.29, 0.717) is 19.8 Å². The molecular weight excluding hydrogens is 336 g/mol. The summed E-state index contributed by atoms with van der Waals surface area (Å²) >= 11 is 0. The number of hydrogen-bond acceptors (Lipinski definition) is 5. The maximum Gasteiger partial charge on any atom is 0.330 e. The molecule has 0 fully saturated rings. The number of allylic oxidation sites excluding steroid dienone is 1. The molecule has 0 aliphatic rings. The highest BCUT2D eigenvalue weighted by atomic mass is 28.4. The van der Waals surface area contributed by atoms with Crippen LogP contribution in [0.1, 0.15) is 47.5 Å². The number of methoxy groups -OCH3 is 1. The molecule has 0 heterocycles. The molecule has 6 heteroatoms. The first-order chi connectivity index (χ1) is 11.5. The molecule has 1 atom stereocenters. The van der Waals surface area contributed by atoms with Crippen molar-refractivity contribution in [2.45, 2.75) is 65.6 Å². The van der Waals surface area contributed by atoms with E-state index in [9.17, 15) is 4.79 Å². The van der Waals surface area contributed by atoms with E-state index < -0.39 is 8.32 Å².